The van der Waals surface area contributed by atoms with E-state index in [1.165, 1.54) is 0 Å². The number of halogens is 1. The number of benzene rings is 1. The van der Waals surface area contributed by atoms with E-state index in [-0.39, 0.29) is 16.5 Å². The van der Waals surface area contributed by atoms with E-state index < -0.39 is 10.0 Å². The van der Waals surface area contributed by atoms with Gasteiger partial charge in [-0.2, -0.15) is 10.1 Å². The number of methoxy groups -OCH3 is 1. The summed E-state index contributed by atoms with van der Waals surface area (Å²) >= 11 is 6.11. The molecule has 1 aromatic carbocycles. The maximum Gasteiger partial charge on any atom is 0.265 e. The van der Waals surface area contributed by atoms with E-state index in [0.29, 0.717) is 47.4 Å². The van der Waals surface area contributed by atoms with Gasteiger partial charge in [0.05, 0.1) is 35.8 Å². The molecular formula is C18H22ClN5O4S. The van der Waals surface area contributed by atoms with Crippen LogP contribution >= 0.6 is 11.6 Å². The molecule has 9 nitrogen and oxygen atoms in total. The number of aromatic nitrogens is 4. The summed E-state index contributed by atoms with van der Waals surface area (Å²) in [4.78, 5) is 4.39. The van der Waals surface area contributed by atoms with Gasteiger partial charge in [-0.05, 0) is 32.0 Å². The summed E-state index contributed by atoms with van der Waals surface area (Å²) in [5, 5.41) is 8.60. The van der Waals surface area contributed by atoms with Gasteiger partial charge in [0.15, 0.2) is 5.82 Å². The molecule has 0 spiro atoms. The summed E-state index contributed by atoms with van der Waals surface area (Å²) in [6.45, 7) is 6.13. The zero-order valence-corrected chi connectivity index (χ0v) is 18.1. The predicted molar refractivity (Wildman–Crippen MR) is 109 cm³/mol. The molecule has 0 atom stereocenters. The molecule has 0 amide bonds. The van der Waals surface area contributed by atoms with Crippen LogP contribution in [0.3, 0.4) is 0 Å². The van der Waals surface area contributed by atoms with Gasteiger partial charge in [0.2, 0.25) is 0 Å². The summed E-state index contributed by atoms with van der Waals surface area (Å²) < 4.78 is 40.9. The summed E-state index contributed by atoms with van der Waals surface area (Å²) in [6, 6.07) is 4.72. The van der Waals surface area contributed by atoms with Gasteiger partial charge < -0.3 is 9.26 Å². The van der Waals surface area contributed by atoms with Crippen LogP contribution in [0.1, 0.15) is 24.1 Å². The lowest BCUT2D eigenvalue weighted by Gasteiger charge is -2.12. The minimum Gasteiger partial charge on any atom is -0.383 e. The van der Waals surface area contributed by atoms with E-state index in [9.17, 15) is 8.42 Å². The second kappa shape index (κ2) is 8.52. The van der Waals surface area contributed by atoms with Crippen LogP contribution in [-0.2, 0) is 27.7 Å². The number of nitrogens with one attached hydrogen (secondary N) is 1. The molecule has 0 saturated heterocycles. The molecule has 0 aliphatic rings. The van der Waals surface area contributed by atoms with Crippen molar-refractivity contribution in [2.45, 2.75) is 38.6 Å². The average molecular weight is 440 g/mol. The first-order valence-electron chi connectivity index (χ1n) is 8.95. The van der Waals surface area contributed by atoms with E-state index >= 15 is 0 Å². The van der Waals surface area contributed by atoms with Gasteiger partial charge in [0.25, 0.3) is 15.9 Å². The Bertz CT molecular complexity index is 1120. The van der Waals surface area contributed by atoms with Gasteiger partial charge in [-0.15, -0.1) is 0 Å². The third-order valence-corrected chi connectivity index (χ3v) is 6.18. The lowest BCUT2D eigenvalue weighted by atomic mass is 10.2. The fourth-order valence-corrected chi connectivity index (χ4v) is 4.62. The zero-order valence-electron chi connectivity index (χ0n) is 16.6. The number of hydrogen-bond acceptors (Lipinski definition) is 7. The first kappa shape index (κ1) is 21.3. The Kier molecular flexibility index (Phi) is 6.25. The van der Waals surface area contributed by atoms with E-state index in [1.54, 1.807) is 43.8 Å². The molecule has 2 aromatic heterocycles. The molecule has 0 radical (unpaired) electrons. The maximum atomic E-state index is 13.2. The fraction of sp³-hybridized carbons (Fsp3) is 0.389. The number of anilines is 1. The van der Waals surface area contributed by atoms with Gasteiger partial charge in [0.1, 0.15) is 4.90 Å². The highest BCUT2D eigenvalue weighted by atomic mass is 35.5. The van der Waals surface area contributed by atoms with Crippen molar-refractivity contribution in [1.82, 2.24) is 19.9 Å². The van der Waals surface area contributed by atoms with Crippen LogP contribution in [0.5, 0.6) is 0 Å². The lowest BCUT2D eigenvalue weighted by molar-refractivity contribution is 0.182. The molecule has 0 saturated carbocycles. The maximum absolute atomic E-state index is 13.2. The normalized spacial score (nSPS) is 11.8. The van der Waals surface area contributed by atoms with Crippen molar-refractivity contribution >= 4 is 27.3 Å². The molecule has 3 aromatic rings. The van der Waals surface area contributed by atoms with Crippen molar-refractivity contribution in [3.8, 4) is 11.5 Å². The molecule has 0 aliphatic heterocycles. The van der Waals surface area contributed by atoms with Crippen LogP contribution in [0.15, 0.2) is 27.6 Å². The highest BCUT2D eigenvalue weighted by molar-refractivity contribution is 7.92. The van der Waals surface area contributed by atoms with Gasteiger partial charge in [0, 0.05) is 18.6 Å². The van der Waals surface area contributed by atoms with E-state index in [0.717, 1.165) is 0 Å². The molecular weight excluding hydrogens is 418 g/mol. The third kappa shape index (κ3) is 4.44. The molecule has 0 unspecified atom stereocenters. The van der Waals surface area contributed by atoms with Gasteiger partial charge >= 0.3 is 0 Å². The number of ether oxygens (including phenoxy) is 1. The largest absolute Gasteiger partial charge is 0.383 e. The Morgan fingerprint density at radius 3 is 2.72 bits per heavy atom. The predicted octanol–water partition coefficient (Wildman–Crippen LogP) is 3.21. The van der Waals surface area contributed by atoms with Gasteiger partial charge in [-0.1, -0.05) is 23.7 Å². The third-order valence-electron chi connectivity index (χ3n) is 4.33. The van der Waals surface area contributed by atoms with Crippen LogP contribution in [0.2, 0.25) is 5.02 Å². The molecule has 3 rings (SSSR count). The van der Waals surface area contributed by atoms with Crippen LogP contribution in [-0.4, -0.2) is 42.1 Å². The number of rotatable bonds is 8. The standard InChI is InChI=1S/C18H22ClN5O4S/c1-5-16-20-18(28-22-16)14-10-13(19)6-7-15(14)23-29(25,26)17-11(2)21-24(12(17)3)8-9-27-4/h6-7,10,23H,5,8-9H2,1-4H3. The molecule has 2 heterocycles. The average Bonchev–Trinajstić information content (AvgIpc) is 3.25. The van der Waals surface area contributed by atoms with Gasteiger partial charge in [-0.3, -0.25) is 9.40 Å². The molecule has 29 heavy (non-hydrogen) atoms. The first-order valence-corrected chi connectivity index (χ1v) is 10.8. The summed E-state index contributed by atoms with van der Waals surface area (Å²) in [5.74, 6) is 0.700. The Morgan fingerprint density at radius 2 is 2.07 bits per heavy atom. The zero-order chi connectivity index (χ0) is 21.2. The van der Waals surface area contributed by atoms with E-state index in [2.05, 4.69) is 20.0 Å². The SMILES string of the molecule is CCc1noc(-c2cc(Cl)ccc2NS(=O)(=O)c2c(C)nn(CCOC)c2C)n1. The first-order chi connectivity index (χ1) is 13.8. The Morgan fingerprint density at radius 1 is 1.31 bits per heavy atom. The fourth-order valence-electron chi connectivity index (χ4n) is 2.95. The highest BCUT2D eigenvalue weighted by Crippen LogP contribution is 2.32. The minimum atomic E-state index is -3.93. The second-order valence-corrected chi connectivity index (χ2v) is 8.44. The van der Waals surface area contributed by atoms with Gasteiger partial charge in [-0.25, -0.2) is 8.42 Å². The van der Waals surface area contributed by atoms with E-state index in [1.807, 2.05) is 6.92 Å². The monoisotopic (exact) mass is 439 g/mol. The molecule has 156 valence electrons. The number of sulfonamides is 1. The highest BCUT2D eigenvalue weighted by Gasteiger charge is 2.26. The number of aryl methyl sites for hydroxylation is 2. The summed E-state index contributed by atoms with van der Waals surface area (Å²) in [7, 11) is -2.35. The van der Waals surface area contributed by atoms with Crippen molar-refractivity contribution in [2.75, 3.05) is 18.4 Å². The number of nitrogens with zero attached hydrogens (tertiary/aromatic N) is 4. The molecule has 0 aliphatic carbocycles. The Hall–Kier alpha value is -2.43. The lowest BCUT2D eigenvalue weighted by Crippen LogP contribution is -2.16. The van der Waals surface area contributed by atoms with Crippen molar-refractivity contribution in [3.63, 3.8) is 0 Å². The van der Waals surface area contributed by atoms with Crippen LogP contribution in [0, 0.1) is 13.8 Å². The van der Waals surface area contributed by atoms with Crippen LogP contribution in [0.25, 0.3) is 11.5 Å². The quantitative estimate of drug-likeness (QED) is 0.573. The summed E-state index contributed by atoms with van der Waals surface area (Å²) in [6.07, 6.45) is 0.587. The van der Waals surface area contributed by atoms with E-state index in [4.69, 9.17) is 20.9 Å². The van der Waals surface area contributed by atoms with Crippen LogP contribution in [0.4, 0.5) is 5.69 Å². The molecule has 0 fully saturated rings. The van der Waals surface area contributed by atoms with Crippen LogP contribution < -0.4 is 4.72 Å². The Balaban J connectivity index is 2.01. The molecule has 1 N–H and O–H groups in total. The minimum absolute atomic E-state index is 0.120. The van der Waals surface area contributed by atoms with Crippen molar-refractivity contribution in [3.05, 3.63) is 40.4 Å². The Labute approximate surface area is 174 Å². The molecule has 11 heteroatoms. The second-order valence-electron chi connectivity index (χ2n) is 6.38. The number of hydrogen-bond donors (Lipinski definition) is 1. The van der Waals surface area contributed by atoms with Crippen molar-refractivity contribution in [2.24, 2.45) is 0 Å². The summed E-state index contributed by atoms with van der Waals surface area (Å²) in [5.41, 5.74) is 1.60. The topological polar surface area (TPSA) is 112 Å². The van der Waals surface area contributed by atoms with Crippen molar-refractivity contribution in [1.29, 1.82) is 0 Å². The smallest absolute Gasteiger partial charge is 0.265 e. The van der Waals surface area contributed by atoms with Crippen molar-refractivity contribution < 1.29 is 17.7 Å². The molecule has 0 bridgehead atoms.